The van der Waals surface area contributed by atoms with Crippen LogP contribution in [0.4, 0.5) is 0 Å². The molecule has 1 aromatic carbocycles. The summed E-state index contributed by atoms with van der Waals surface area (Å²) < 4.78 is 0. The smallest absolute Gasteiger partial charge is 0.227 e. The number of nitrogens with one attached hydrogen (secondary N) is 1. The van der Waals surface area contributed by atoms with Gasteiger partial charge in [-0.05, 0) is 56.3 Å². The number of carbonyl (C=O) groups is 1. The van der Waals surface area contributed by atoms with E-state index in [1.54, 1.807) is 0 Å². The molecule has 2 rings (SSSR count). The Hall–Kier alpha value is -0.520. The van der Waals surface area contributed by atoms with Crippen molar-refractivity contribution in [2.24, 2.45) is 17.1 Å². The molecule has 0 aliphatic carbocycles. The lowest BCUT2D eigenvalue weighted by molar-refractivity contribution is -0.131. The second-order valence-electron chi connectivity index (χ2n) is 7.21. The highest BCUT2D eigenvalue weighted by Gasteiger charge is 2.33. The molecule has 3 N–H and O–H groups in total. The van der Waals surface area contributed by atoms with Crippen molar-refractivity contribution >= 4 is 42.3 Å². The first-order valence-corrected chi connectivity index (χ1v) is 9.86. The quantitative estimate of drug-likeness (QED) is 0.637. The van der Waals surface area contributed by atoms with E-state index in [0.717, 1.165) is 56.9 Å². The maximum absolute atomic E-state index is 12.5. The Morgan fingerprint density at radius 3 is 2.33 bits per heavy atom. The molecule has 4 nitrogen and oxygen atoms in total. The summed E-state index contributed by atoms with van der Waals surface area (Å²) >= 11 is 6.26. The number of benzene rings is 1. The number of nitrogens with zero attached hydrogens (tertiary/aromatic N) is 1. The van der Waals surface area contributed by atoms with Crippen LogP contribution in [0.3, 0.4) is 0 Å². The number of likely N-dealkylation sites (tertiary alicyclic amines) is 1. The third-order valence-electron chi connectivity index (χ3n) is 5.84. The minimum absolute atomic E-state index is 0. The topological polar surface area (TPSA) is 58.4 Å². The number of rotatable bonds is 8. The van der Waals surface area contributed by atoms with Crippen molar-refractivity contribution in [2.45, 2.75) is 46.1 Å². The molecule has 1 fully saturated rings. The molecule has 0 radical (unpaired) electrons. The monoisotopic (exact) mass is 437 g/mol. The van der Waals surface area contributed by atoms with Crippen LogP contribution >= 0.6 is 36.4 Å². The summed E-state index contributed by atoms with van der Waals surface area (Å²) in [5.74, 6) is 0.675. The minimum atomic E-state index is -0.398. The van der Waals surface area contributed by atoms with Gasteiger partial charge in [0.05, 0.1) is 5.41 Å². The summed E-state index contributed by atoms with van der Waals surface area (Å²) in [5.41, 5.74) is 6.66. The molecular weight excluding hydrogens is 405 g/mol. The SMILES string of the molecule is CCC(CC)(CN)C(=O)NCC1CCN(Cc2ccccc2Cl)CC1.Cl.Cl. The predicted octanol–water partition coefficient (Wildman–Crippen LogP) is 4.28. The van der Waals surface area contributed by atoms with Crippen LogP contribution in [0.1, 0.15) is 45.1 Å². The van der Waals surface area contributed by atoms with Gasteiger partial charge in [0.2, 0.25) is 5.91 Å². The molecule has 1 aliphatic heterocycles. The van der Waals surface area contributed by atoms with Gasteiger partial charge in [-0.2, -0.15) is 0 Å². The van der Waals surface area contributed by atoms with Crippen molar-refractivity contribution in [2.75, 3.05) is 26.2 Å². The van der Waals surface area contributed by atoms with Crippen LogP contribution in [0.25, 0.3) is 0 Å². The average Bonchev–Trinajstić information content (AvgIpc) is 2.65. The van der Waals surface area contributed by atoms with Crippen LogP contribution in [0.5, 0.6) is 0 Å². The van der Waals surface area contributed by atoms with Gasteiger partial charge >= 0.3 is 0 Å². The molecule has 0 bridgehead atoms. The Morgan fingerprint density at radius 1 is 1.22 bits per heavy atom. The molecule has 156 valence electrons. The van der Waals surface area contributed by atoms with Crippen LogP contribution in [0, 0.1) is 11.3 Å². The van der Waals surface area contributed by atoms with E-state index in [4.69, 9.17) is 17.3 Å². The van der Waals surface area contributed by atoms with Gasteiger partial charge in [-0.3, -0.25) is 9.69 Å². The normalized spacial score (nSPS) is 15.6. The highest BCUT2D eigenvalue weighted by atomic mass is 35.5. The van der Waals surface area contributed by atoms with E-state index in [1.165, 1.54) is 5.56 Å². The molecule has 0 atom stereocenters. The van der Waals surface area contributed by atoms with Crippen molar-refractivity contribution in [3.05, 3.63) is 34.9 Å². The third kappa shape index (κ3) is 7.10. The van der Waals surface area contributed by atoms with Gasteiger partial charge in [0.25, 0.3) is 0 Å². The van der Waals surface area contributed by atoms with Gasteiger partial charge in [0.1, 0.15) is 0 Å². The summed E-state index contributed by atoms with van der Waals surface area (Å²) in [6, 6.07) is 8.05. The molecule has 0 saturated carbocycles. The number of nitrogens with two attached hydrogens (primary N) is 1. The molecule has 0 spiro atoms. The van der Waals surface area contributed by atoms with Crippen LogP contribution in [-0.4, -0.2) is 37.0 Å². The lowest BCUT2D eigenvalue weighted by Crippen LogP contribution is -2.47. The number of carbonyl (C=O) groups excluding carboxylic acids is 1. The largest absolute Gasteiger partial charge is 0.355 e. The van der Waals surface area contributed by atoms with Crippen molar-refractivity contribution in [1.29, 1.82) is 0 Å². The molecule has 0 unspecified atom stereocenters. The van der Waals surface area contributed by atoms with Gasteiger partial charge in [0.15, 0.2) is 0 Å². The second kappa shape index (κ2) is 12.8. The van der Waals surface area contributed by atoms with Gasteiger partial charge < -0.3 is 11.1 Å². The van der Waals surface area contributed by atoms with E-state index in [-0.39, 0.29) is 30.7 Å². The summed E-state index contributed by atoms with van der Waals surface area (Å²) in [4.78, 5) is 15.0. The van der Waals surface area contributed by atoms with Crippen LogP contribution < -0.4 is 11.1 Å². The molecule has 1 heterocycles. The van der Waals surface area contributed by atoms with Crippen molar-refractivity contribution in [3.8, 4) is 0 Å². The van der Waals surface area contributed by atoms with Gasteiger partial charge in [0, 0.05) is 24.7 Å². The first kappa shape index (κ1) is 26.5. The Balaban J connectivity index is 0.00000338. The molecule has 0 aromatic heterocycles. The predicted molar refractivity (Wildman–Crippen MR) is 119 cm³/mol. The van der Waals surface area contributed by atoms with E-state index in [9.17, 15) is 4.79 Å². The van der Waals surface area contributed by atoms with Crippen LogP contribution in [-0.2, 0) is 11.3 Å². The minimum Gasteiger partial charge on any atom is -0.355 e. The molecular formula is C20H34Cl3N3O. The average molecular weight is 439 g/mol. The summed E-state index contributed by atoms with van der Waals surface area (Å²) in [7, 11) is 0. The van der Waals surface area contributed by atoms with Crippen molar-refractivity contribution < 1.29 is 4.79 Å². The maximum Gasteiger partial charge on any atom is 0.227 e. The number of hydrogen-bond donors (Lipinski definition) is 2. The molecule has 27 heavy (non-hydrogen) atoms. The van der Waals surface area contributed by atoms with E-state index in [0.29, 0.717) is 12.5 Å². The Bertz CT molecular complexity index is 551. The Morgan fingerprint density at radius 2 is 1.81 bits per heavy atom. The number of piperidine rings is 1. The zero-order chi connectivity index (χ0) is 18.3. The first-order chi connectivity index (χ1) is 12.0. The number of amides is 1. The fraction of sp³-hybridized carbons (Fsp3) is 0.650. The van der Waals surface area contributed by atoms with E-state index < -0.39 is 5.41 Å². The van der Waals surface area contributed by atoms with Gasteiger partial charge in [-0.15, -0.1) is 24.8 Å². The first-order valence-electron chi connectivity index (χ1n) is 9.48. The maximum atomic E-state index is 12.5. The summed E-state index contributed by atoms with van der Waals surface area (Å²) in [5, 5.41) is 4.00. The third-order valence-corrected chi connectivity index (χ3v) is 6.20. The lowest BCUT2D eigenvalue weighted by Gasteiger charge is -2.34. The van der Waals surface area contributed by atoms with Crippen LogP contribution in [0.2, 0.25) is 5.02 Å². The molecule has 7 heteroatoms. The highest BCUT2D eigenvalue weighted by Crippen LogP contribution is 2.26. The van der Waals surface area contributed by atoms with Gasteiger partial charge in [-0.25, -0.2) is 0 Å². The fourth-order valence-corrected chi connectivity index (χ4v) is 3.79. The zero-order valence-corrected chi connectivity index (χ0v) is 18.8. The van der Waals surface area contributed by atoms with E-state index in [2.05, 4.69) is 16.3 Å². The van der Waals surface area contributed by atoms with Gasteiger partial charge in [-0.1, -0.05) is 43.6 Å². The second-order valence-corrected chi connectivity index (χ2v) is 7.62. The number of halogens is 3. The number of hydrogen-bond acceptors (Lipinski definition) is 3. The molecule has 1 aromatic rings. The lowest BCUT2D eigenvalue weighted by atomic mass is 9.81. The molecule has 1 amide bonds. The summed E-state index contributed by atoms with van der Waals surface area (Å²) in [6.45, 7) is 8.28. The molecule has 1 aliphatic rings. The fourth-order valence-electron chi connectivity index (χ4n) is 3.59. The van der Waals surface area contributed by atoms with E-state index >= 15 is 0 Å². The van der Waals surface area contributed by atoms with E-state index in [1.807, 2.05) is 32.0 Å². The molecule has 1 saturated heterocycles. The van der Waals surface area contributed by atoms with Crippen LogP contribution in [0.15, 0.2) is 24.3 Å². The standard InChI is InChI=1S/C20H32ClN3O.2ClH/c1-3-20(4-2,15-22)19(25)23-13-16-9-11-24(12-10-16)14-17-7-5-6-8-18(17)21;;/h5-8,16H,3-4,9-15,22H2,1-2H3,(H,23,25);2*1H. The highest BCUT2D eigenvalue weighted by molar-refractivity contribution is 6.31. The summed E-state index contributed by atoms with van der Waals surface area (Å²) in [6.07, 6.45) is 3.81. The van der Waals surface area contributed by atoms with Crippen molar-refractivity contribution in [3.63, 3.8) is 0 Å². The Labute approximate surface area is 181 Å². The zero-order valence-electron chi connectivity index (χ0n) is 16.4. The van der Waals surface area contributed by atoms with Crippen molar-refractivity contribution in [1.82, 2.24) is 10.2 Å². The Kier molecular flexibility index (Phi) is 12.6.